The zero-order valence-electron chi connectivity index (χ0n) is 11.4. The molecule has 0 radical (unpaired) electrons. The Morgan fingerprint density at radius 3 is 2.50 bits per heavy atom. The van der Waals surface area contributed by atoms with Crippen molar-refractivity contribution in [2.24, 2.45) is 5.41 Å². The van der Waals surface area contributed by atoms with Crippen LogP contribution in [-0.4, -0.2) is 26.0 Å². The van der Waals surface area contributed by atoms with E-state index in [2.05, 4.69) is 42.8 Å². The zero-order chi connectivity index (χ0) is 12.8. The van der Waals surface area contributed by atoms with Crippen LogP contribution in [0.4, 0.5) is 0 Å². The van der Waals surface area contributed by atoms with E-state index in [0.717, 1.165) is 26.3 Å². The maximum atomic E-state index is 5.42. The monoisotopic (exact) mass is 265 g/mol. The molecule has 18 heavy (non-hydrogen) atoms. The van der Waals surface area contributed by atoms with Crippen molar-refractivity contribution in [3.05, 3.63) is 29.8 Å². The van der Waals surface area contributed by atoms with E-state index >= 15 is 0 Å². The summed E-state index contributed by atoms with van der Waals surface area (Å²) in [4.78, 5) is 1.33. The average Bonchev–Trinajstić information content (AvgIpc) is 2.40. The summed E-state index contributed by atoms with van der Waals surface area (Å²) in [7, 11) is 0. The molecule has 0 unspecified atom stereocenters. The summed E-state index contributed by atoms with van der Waals surface area (Å²) in [6.07, 6.45) is 4.45. The van der Waals surface area contributed by atoms with Crippen molar-refractivity contribution in [2.75, 3.05) is 26.0 Å². The third-order valence-electron chi connectivity index (χ3n) is 3.74. The van der Waals surface area contributed by atoms with Crippen LogP contribution in [0.15, 0.2) is 29.2 Å². The maximum absolute atomic E-state index is 5.42. The minimum absolute atomic E-state index is 0.414. The van der Waals surface area contributed by atoms with Gasteiger partial charge in [-0.05, 0) is 42.2 Å². The van der Waals surface area contributed by atoms with Crippen LogP contribution in [-0.2, 0) is 11.3 Å². The molecule has 1 aliphatic rings. The maximum Gasteiger partial charge on any atom is 0.0471 e. The molecular weight excluding hydrogens is 242 g/mol. The van der Waals surface area contributed by atoms with E-state index in [1.807, 2.05) is 0 Å². The van der Waals surface area contributed by atoms with Crippen molar-refractivity contribution in [3.8, 4) is 0 Å². The number of hydrogen-bond donors (Lipinski definition) is 1. The minimum Gasteiger partial charge on any atom is -0.381 e. The Kier molecular flexibility index (Phi) is 5.10. The van der Waals surface area contributed by atoms with Crippen LogP contribution in [0.5, 0.6) is 0 Å². The standard InChI is InChI=1S/C15H23NOS/c1-15(7-9-17-10-8-15)12-16-11-13-3-5-14(18-2)6-4-13/h3-6,16H,7-12H2,1-2H3. The van der Waals surface area contributed by atoms with Crippen molar-refractivity contribution >= 4 is 11.8 Å². The van der Waals surface area contributed by atoms with Gasteiger partial charge in [-0.15, -0.1) is 11.8 Å². The normalized spacial score (nSPS) is 18.8. The highest BCUT2D eigenvalue weighted by atomic mass is 32.2. The molecule has 100 valence electrons. The fourth-order valence-electron chi connectivity index (χ4n) is 2.29. The van der Waals surface area contributed by atoms with Crippen LogP contribution in [0.3, 0.4) is 0 Å². The van der Waals surface area contributed by atoms with Gasteiger partial charge in [0, 0.05) is 31.2 Å². The summed E-state index contributed by atoms with van der Waals surface area (Å²) in [5.74, 6) is 0. The van der Waals surface area contributed by atoms with E-state index in [0.29, 0.717) is 5.41 Å². The lowest BCUT2D eigenvalue weighted by Crippen LogP contribution is -2.36. The lowest BCUT2D eigenvalue weighted by Gasteiger charge is -2.33. The van der Waals surface area contributed by atoms with Gasteiger partial charge in [0.2, 0.25) is 0 Å². The first-order valence-corrected chi connectivity index (χ1v) is 7.86. The number of thioether (sulfide) groups is 1. The molecule has 1 N–H and O–H groups in total. The van der Waals surface area contributed by atoms with E-state index in [9.17, 15) is 0 Å². The van der Waals surface area contributed by atoms with Gasteiger partial charge < -0.3 is 10.1 Å². The smallest absolute Gasteiger partial charge is 0.0471 e. The quantitative estimate of drug-likeness (QED) is 0.825. The highest BCUT2D eigenvalue weighted by molar-refractivity contribution is 7.98. The first kappa shape index (κ1) is 13.9. The van der Waals surface area contributed by atoms with E-state index in [1.165, 1.54) is 23.3 Å². The van der Waals surface area contributed by atoms with Crippen LogP contribution in [0.25, 0.3) is 0 Å². The fraction of sp³-hybridized carbons (Fsp3) is 0.600. The van der Waals surface area contributed by atoms with Gasteiger partial charge in [-0.1, -0.05) is 19.1 Å². The molecule has 2 rings (SSSR count). The van der Waals surface area contributed by atoms with E-state index in [4.69, 9.17) is 4.74 Å². The van der Waals surface area contributed by atoms with Crippen LogP contribution in [0, 0.1) is 5.41 Å². The topological polar surface area (TPSA) is 21.3 Å². The summed E-state index contributed by atoms with van der Waals surface area (Å²) in [6, 6.07) is 8.81. The van der Waals surface area contributed by atoms with Gasteiger partial charge >= 0.3 is 0 Å². The second kappa shape index (κ2) is 6.60. The number of ether oxygens (including phenoxy) is 1. The predicted octanol–water partition coefficient (Wildman–Crippen LogP) is 3.31. The van der Waals surface area contributed by atoms with Gasteiger partial charge in [-0.3, -0.25) is 0 Å². The molecule has 1 aliphatic heterocycles. The minimum atomic E-state index is 0.414. The lowest BCUT2D eigenvalue weighted by atomic mass is 9.82. The number of hydrogen-bond acceptors (Lipinski definition) is 3. The SMILES string of the molecule is CSc1ccc(CNCC2(C)CCOCC2)cc1. The third-order valence-corrected chi connectivity index (χ3v) is 4.48. The van der Waals surface area contributed by atoms with Gasteiger partial charge in [0.15, 0.2) is 0 Å². The Morgan fingerprint density at radius 2 is 1.89 bits per heavy atom. The Morgan fingerprint density at radius 1 is 1.22 bits per heavy atom. The molecule has 0 bridgehead atoms. The largest absolute Gasteiger partial charge is 0.381 e. The molecule has 0 aliphatic carbocycles. The highest BCUT2D eigenvalue weighted by Crippen LogP contribution is 2.28. The molecular formula is C15H23NOS. The van der Waals surface area contributed by atoms with Gasteiger partial charge in [0.05, 0.1) is 0 Å². The molecule has 0 spiro atoms. The molecule has 1 saturated heterocycles. The zero-order valence-corrected chi connectivity index (χ0v) is 12.2. The van der Waals surface area contributed by atoms with E-state index in [1.54, 1.807) is 11.8 Å². The van der Waals surface area contributed by atoms with Crippen molar-refractivity contribution < 1.29 is 4.74 Å². The van der Waals surface area contributed by atoms with Gasteiger partial charge in [-0.2, -0.15) is 0 Å². The van der Waals surface area contributed by atoms with Crippen molar-refractivity contribution in [3.63, 3.8) is 0 Å². The highest BCUT2D eigenvalue weighted by Gasteiger charge is 2.26. The molecule has 1 heterocycles. The summed E-state index contributed by atoms with van der Waals surface area (Å²) in [5.41, 5.74) is 1.78. The molecule has 1 aromatic carbocycles. The molecule has 1 aromatic rings. The molecule has 0 amide bonds. The van der Waals surface area contributed by atoms with Crippen LogP contribution in [0.2, 0.25) is 0 Å². The molecule has 3 heteroatoms. The Bertz CT molecular complexity index is 357. The van der Waals surface area contributed by atoms with Crippen LogP contribution < -0.4 is 5.32 Å². The van der Waals surface area contributed by atoms with Gasteiger partial charge in [0.1, 0.15) is 0 Å². The van der Waals surface area contributed by atoms with Gasteiger partial charge in [-0.25, -0.2) is 0 Å². The van der Waals surface area contributed by atoms with Crippen LogP contribution >= 0.6 is 11.8 Å². The van der Waals surface area contributed by atoms with Crippen molar-refractivity contribution in [1.82, 2.24) is 5.32 Å². The third kappa shape index (κ3) is 4.01. The summed E-state index contributed by atoms with van der Waals surface area (Å²) < 4.78 is 5.42. The number of nitrogens with one attached hydrogen (secondary N) is 1. The Balaban J connectivity index is 1.77. The van der Waals surface area contributed by atoms with Gasteiger partial charge in [0.25, 0.3) is 0 Å². The number of benzene rings is 1. The lowest BCUT2D eigenvalue weighted by molar-refractivity contribution is 0.0240. The van der Waals surface area contributed by atoms with E-state index in [-0.39, 0.29) is 0 Å². The second-order valence-electron chi connectivity index (χ2n) is 5.37. The first-order valence-electron chi connectivity index (χ1n) is 6.63. The molecule has 0 aromatic heterocycles. The molecule has 0 saturated carbocycles. The Labute approximate surface area is 114 Å². The second-order valence-corrected chi connectivity index (χ2v) is 6.25. The van der Waals surface area contributed by atoms with Crippen molar-refractivity contribution in [1.29, 1.82) is 0 Å². The van der Waals surface area contributed by atoms with Crippen molar-refractivity contribution in [2.45, 2.75) is 31.2 Å². The summed E-state index contributed by atoms with van der Waals surface area (Å²) >= 11 is 1.79. The number of rotatable bonds is 5. The molecule has 1 fully saturated rings. The average molecular weight is 265 g/mol. The van der Waals surface area contributed by atoms with Crippen LogP contribution in [0.1, 0.15) is 25.3 Å². The Hall–Kier alpha value is -0.510. The summed E-state index contributed by atoms with van der Waals surface area (Å²) in [5, 5.41) is 3.59. The fourth-order valence-corrected chi connectivity index (χ4v) is 2.70. The predicted molar refractivity (Wildman–Crippen MR) is 78.1 cm³/mol. The van der Waals surface area contributed by atoms with E-state index < -0.39 is 0 Å². The molecule has 0 atom stereocenters. The summed E-state index contributed by atoms with van der Waals surface area (Å²) in [6.45, 7) is 6.24. The molecule has 2 nitrogen and oxygen atoms in total. The first-order chi connectivity index (χ1) is 8.72.